The number of hydrogen-bond donors (Lipinski definition) is 1. The van der Waals surface area contributed by atoms with Crippen LogP contribution in [0.25, 0.3) is 11.3 Å². The number of aromatic nitrogens is 2. The Morgan fingerprint density at radius 2 is 2.00 bits per heavy atom. The summed E-state index contributed by atoms with van der Waals surface area (Å²) in [7, 11) is 0. The summed E-state index contributed by atoms with van der Waals surface area (Å²) in [5.41, 5.74) is 4.67. The summed E-state index contributed by atoms with van der Waals surface area (Å²) in [5, 5.41) is 11.4. The average molecular weight is 251 g/mol. The molecule has 1 N–H and O–H groups in total. The highest BCUT2D eigenvalue weighted by Crippen LogP contribution is 2.38. The Bertz CT molecular complexity index is 660. The second-order valence-corrected chi connectivity index (χ2v) is 5.17. The van der Waals surface area contributed by atoms with Gasteiger partial charge in [-0.1, -0.05) is 12.1 Å². The summed E-state index contributed by atoms with van der Waals surface area (Å²) < 4.78 is 0. The van der Waals surface area contributed by atoms with Gasteiger partial charge in [-0.25, -0.2) is 0 Å². The van der Waals surface area contributed by atoms with Gasteiger partial charge in [0.1, 0.15) is 0 Å². The van der Waals surface area contributed by atoms with Gasteiger partial charge in [-0.05, 0) is 36.6 Å². The molecule has 19 heavy (non-hydrogen) atoms. The van der Waals surface area contributed by atoms with Crippen molar-refractivity contribution in [3.8, 4) is 11.3 Å². The molecule has 1 fully saturated rings. The predicted molar refractivity (Wildman–Crippen MR) is 70.6 cm³/mol. The maximum absolute atomic E-state index is 11.7. The number of rotatable bonds is 2. The second kappa shape index (κ2) is 3.88. The molecule has 1 aliphatic heterocycles. The number of carbonyl (C=O) groups is 1. The van der Waals surface area contributed by atoms with E-state index >= 15 is 0 Å². The first-order chi connectivity index (χ1) is 9.31. The van der Waals surface area contributed by atoms with Crippen LogP contribution in [0.4, 0.5) is 0 Å². The van der Waals surface area contributed by atoms with Crippen molar-refractivity contribution >= 4 is 5.91 Å². The van der Waals surface area contributed by atoms with Gasteiger partial charge in [-0.3, -0.25) is 4.79 Å². The normalized spacial score (nSPS) is 17.2. The van der Waals surface area contributed by atoms with Gasteiger partial charge in [-0.15, -0.1) is 0 Å². The fraction of sp³-hybridized carbons (Fsp3) is 0.267. The van der Waals surface area contributed by atoms with Gasteiger partial charge in [0.25, 0.3) is 5.91 Å². The van der Waals surface area contributed by atoms with Crippen LogP contribution in [0.5, 0.6) is 0 Å². The molecule has 0 spiro atoms. The fourth-order valence-electron chi connectivity index (χ4n) is 2.47. The first kappa shape index (κ1) is 10.7. The third-order valence-electron chi connectivity index (χ3n) is 3.77. The standard InChI is InChI=1S/C15H13N3O/c19-15-12-7-10(3-4-11(12)8-16-15)14-6-5-13(17-18-14)9-1-2-9/h3-7,9H,1-2,8H2,(H,16,19). The van der Waals surface area contributed by atoms with E-state index in [1.807, 2.05) is 30.3 Å². The Morgan fingerprint density at radius 1 is 1.11 bits per heavy atom. The van der Waals surface area contributed by atoms with Crippen molar-refractivity contribution in [3.63, 3.8) is 0 Å². The largest absolute Gasteiger partial charge is 0.348 e. The van der Waals surface area contributed by atoms with Gasteiger partial charge < -0.3 is 5.32 Å². The van der Waals surface area contributed by atoms with Crippen LogP contribution >= 0.6 is 0 Å². The molecule has 4 rings (SSSR count). The summed E-state index contributed by atoms with van der Waals surface area (Å²) in [6.07, 6.45) is 2.46. The van der Waals surface area contributed by atoms with Gasteiger partial charge in [-0.2, -0.15) is 10.2 Å². The summed E-state index contributed by atoms with van der Waals surface area (Å²) in [6.45, 7) is 0.626. The molecule has 4 heteroatoms. The van der Waals surface area contributed by atoms with E-state index in [0.717, 1.165) is 28.1 Å². The zero-order valence-electron chi connectivity index (χ0n) is 10.4. The monoisotopic (exact) mass is 251 g/mol. The van der Waals surface area contributed by atoms with Crippen molar-refractivity contribution in [3.05, 3.63) is 47.2 Å². The van der Waals surface area contributed by atoms with Crippen molar-refractivity contribution in [2.75, 3.05) is 0 Å². The van der Waals surface area contributed by atoms with Gasteiger partial charge >= 0.3 is 0 Å². The summed E-state index contributed by atoms with van der Waals surface area (Å²) >= 11 is 0. The first-order valence-electron chi connectivity index (χ1n) is 6.56. The van der Waals surface area contributed by atoms with Gasteiger partial charge in [0.2, 0.25) is 0 Å². The summed E-state index contributed by atoms with van der Waals surface area (Å²) in [4.78, 5) is 11.7. The van der Waals surface area contributed by atoms with Crippen LogP contribution in [-0.2, 0) is 6.54 Å². The van der Waals surface area contributed by atoms with Crippen molar-refractivity contribution in [1.29, 1.82) is 0 Å². The topological polar surface area (TPSA) is 54.9 Å². The third-order valence-corrected chi connectivity index (χ3v) is 3.77. The molecule has 0 radical (unpaired) electrons. The lowest BCUT2D eigenvalue weighted by Gasteiger charge is -2.03. The van der Waals surface area contributed by atoms with E-state index in [-0.39, 0.29) is 5.91 Å². The Kier molecular flexibility index (Phi) is 2.18. The molecular weight excluding hydrogens is 238 g/mol. The van der Waals surface area contributed by atoms with Crippen LogP contribution in [0.15, 0.2) is 30.3 Å². The van der Waals surface area contributed by atoms with Crippen molar-refractivity contribution < 1.29 is 4.79 Å². The second-order valence-electron chi connectivity index (χ2n) is 5.17. The Labute approximate surface area is 110 Å². The lowest BCUT2D eigenvalue weighted by molar-refractivity contribution is 0.0966. The van der Waals surface area contributed by atoms with Crippen LogP contribution in [0.2, 0.25) is 0 Å². The van der Waals surface area contributed by atoms with Crippen LogP contribution in [0, 0.1) is 0 Å². The molecule has 1 aliphatic carbocycles. The van der Waals surface area contributed by atoms with E-state index in [0.29, 0.717) is 12.5 Å². The van der Waals surface area contributed by atoms with E-state index in [1.54, 1.807) is 0 Å². The minimum Gasteiger partial charge on any atom is -0.348 e. The summed E-state index contributed by atoms with van der Waals surface area (Å²) in [6, 6.07) is 9.93. The smallest absolute Gasteiger partial charge is 0.251 e. The number of fused-ring (bicyclic) bond motifs is 1. The van der Waals surface area contributed by atoms with Gasteiger partial charge in [0.05, 0.1) is 11.4 Å². The SMILES string of the molecule is O=C1NCc2ccc(-c3ccc(C4CC4)nn3)cc21. The zero-order valence-corrected chi connectivity index (χ0v) is 10.4. The number of benzene rings is 1. The van der Waals surface area contributed by atoms with Crippen LogP contribution in [0.3, 0.4) is 0 Å². The highest BCUT2D eigenvalue weighted by molar-refractivity contribution is 5.99. The zero-order chi connectivity index (χ0) is 12.8. The molecular formula is C15H13N3O. The molecule has 0 bridgehead atoms. The number of nitrogens with one attached hydrogen (secondary N) is 1. The van der Waals surface area contributed by atoms with E-state index in [2.05, 4.69) is 15.5 Å². The molecule has 4 nitrogen and oxygen atoms in total. The molecule has 0 atom stereocenters. The van der Waals surface area contributed by atoms with Crippen LogP contribution in [-0.4, -0.2) is 16.1 Å². The Balaban J connectivity index is 1.71. The lowest BCUT2D eigenvalue weighted by Crippen LogP contribution is -2.12. The number of carbonyl (C=O) groups excluding carboxylic acids is 1. The molecule has 0 unspecified atom stereocenters. The molecule has 2 aliphatic rings. The molecule has 1 saturated carbocycles. The molecule has 2 heterocycles. The maximum atomic E-state index is 11.7. The van der Waals surface area contributed by atoms with E-state index in [9.17, 15) is 4.79 Å². The van der Waals surface area contributed by atoms with Crippen molar-refractivity contribution in [2.24, 2.45) is 0 Å². The van der Waals surface area contributed by atoms with E-state index in [1.165, 1.54) is 12.8 Å². The quantitative estimate of drug-likeness (QED) is 0.890. The summed E-state index contributed by atoms with van der Waals surface area (Å²) in [5.74, 6) is 0.617. The Hall–Kier alpha value is -2.23. The van der Waals surface area contributed by atoms with Crippen molar-refractivity contribution in [2.45, 2.75) is 25.3 Å². The first-order valence-corrected chi connectivity index (χ1v) is 6.56. The van der Waals surface area contributed by atoms with Crippen LogP contribution in [0.1, 0.15) is 40.4 Å². The van der Waals surface area contributed by atoms with E-state index < -0.39 is 0 Å². The highest BCUT2D eigenvalue weighted by atomic mass is 16.1. The van der Waals surface area contributed by atoms with Gasteiger partial charge in [0.15, 0.2) is 0 Å². The van der Waals surface area contributed by atoms with Crippen molar-refractivity contribution in [1.82, 2.24) is 15.5 Å². The number of nitrogens with zero attached hydrogens (tertiary/aromatic N) is 2. The molecule has 1 aromatic carbocycles. The van der Waals surface area contributed by atoms with Gasteiger partial charge in [0, 0.05) is 23.6 Å². The number of amides is 1. The van der Waals surface area contributed by atoms with E-state index in [4.69, 9.17) is 0 Å². The highest BCUT2D eigenvalue weighted by Gasteiger charge is 2.25. The van der Waals surface area contributed by atoms with Crippen LogP contribution < -0.4 is 5.32 Å². The lowest BCUT2D eigenvalue weighted by atomic mass is 10.0. The maximum Gasteiger partial charge on any atom is 0.251 e. The molecule has 0 saturated heterocycles. The average Bonchev–Trinajstić information content (AvgIpc) is 3.24. The molecule has 1 amide bonds. The molecule has 1 aromatic heterocycles. The Morgan fingerprint density at radius 3 is 2.74 bits per heavy atom. The molecule has 94 valence electrons. The fourth-order valence-corrected chi connectivity index (χ4v) is 2.47. The number of hydrogen-bond acceptors (Lipinski definition) is 3. The minimum absolute atomic E-state index is 0.000547. The predicted octanol–water partition coefficient (Wildman–Crippen LogP) is 2.26. The third kappa shape index (κ3) is 1.80. The molecule has 2 aromatic rings. The minimum atomic E-state index is -0.000547.